The summed E-state index contributed by atoms with van der Waals surface area (Å²) < 4.78 is 10.3. The van der Waals surface area contributed by atoms with Crippen LogP contribution in [0.5, 0.6) is 5.75 Å². The third-order valence-electron chi connectivity index (χ3n) is 4.25. The molecule has 1 aromatic heterocycles. The summed E-state index contributed by atoms with van der Waals surface area (Å²) in [5.74, 6) is 1.61. The molecule has 1 atom stereocenters. The Morgan fingerprint density at radius 3 is 3.00 bits per heavy atom. The molecule has 1 saturated heterocycles. The van der Waals surface area contributed by atoms with E-state index in [9.17, 15) is 0 Å². The van der Waals surface area contributed by atoms with Crippen LogP contribution in [0.1, 0.15) is 19.0 Å². The van der Waals surface area contributed by atoms with Crippen molar-refractivity contribution in [2.45, 2.75) is 25.9 Å². The predicted octanol–water partition coefficient (Wildman–Crippen LogP) is 3.29. The number of halogens is 2. The molecule has 0 bridgehead atoms. The van der Waals surface area contributed by atoms with Gasteiger partial charge in [0.1, 0.15) is 17.7 Å². The maximum atomic E-state index is 6.16. The lowest BCUT2D eigenvalue weighted by Crippen LogP contribution is -2.44. The van der Waals surface area contributed by atoms with Crippen LogP contribution in [0.2, 0.25) is 5.02 Å². The molecule has 1 unspecified atom stereocenters. The zero-order valence-electron chi connectivity index (χ0n) is 15.4. The molecule has 27 heavy (non-hydrogen) atoms. The number of hydrogen-bond donors (Lipinski definition) is 2. The molecule has 2 aromatic rings. The molecule has 1 aliphatic rings. The van der Waals surface area contributed by atoms with Crippen molar-refractivity contribution in [3.8, 4) is 5.75 Å². The van der Waals surface area contributed by atoms with Crippen molar-refractivity contribution in [3.63, 3.8) is 0 Å². The van der Waals surface area contributed by atoms with Gasteiger partial charge in [0.25, 0.3) is 0 Å². The molecule has 1 fully saturated rings. The van der Waals surface area contributed by atoms with Gasteiger partial charge in [0.2, 0.25) is 0 Å². The van der Waals surface area contributed by atoms with Crippen LogP contribution in [-0.4, -0.2) is 43.9 Å². The first-order valence-corrected chi connectivity index (χ1v) is 9.10. The van der Waals surface area contributed by atoms with Crippen LogP contribution in [0.15, 0.2) is 40.0 Å². The number of guanidine groups is 1. The van der Waals surface area contributed by atoms with E-state index in [4.69, 9.17) is 20.9 Å². The van der Waals surface area contributed by atoms with Crippen molar-refractivity contribution in [2.75, 3.05) is 31.6 Å². The van der Waals surface area contributed by atoms with Gasteiger partial charge in [-0.15, -0.1) is 24.0 Å². The standard InChI is InChI=1S/C18H24ClN5O2.HI/c1-3-20-18(21-11-14-7-9-26-23-14)22-15-6-8-24(12-15)16-10-13(19)4-5-17(16)25-2;/h4-5,7,9-10,15H,3,6,8,11-12H2,1-2H3,(H2,20,21,22);1H. The van der Waals surface area contributed by atoms with Crippen LogP contribution >= 0.6 is 35.6 Å². The first-order chi connectivity index (χ1) is 12.7. The number of hydrogen-bond acceptors (Lipinski definition) is 5. The third-order valence-corrected chi connectivity index (χ3v) is 4.48. The normalized spacial score (nSPS) is 16.8. The first-order valence-electron chi connectivity index (χ1n) is 8.72. The fourth-order valence-corrected chi connectivity index (χ4v) is 3.17. The second-order valence-corrected chi connectivity index (χ2v) is 6.51. The first kappa shape index (κ1) is 21.6. The lowest BCUT2D eigenvalue weighted by Gasteiger charge is -2.22. The predicted molar refractivity (Wildman–Crippen MR) is 118 cm³/mol. The average Bonchev–Trinajstić information content (AvgIpc) is 3.32. The zero-order valence-corrected chi connectivity index (χ0v) is 18.5. The summed E-state index contributed by atoms with van der Waals surface area (Å²) in [4.78, 5) is 6.85. The molecule has 3 rings (SSSR count). The van der Waals surface area contributed by atoms with E-state index in [2.05, 4.69) is 25.7 Å². The largest absolute Gasteiger partial charge is 0.495 e. The summed E-state index contributed by atoms with van der Waals surface area (Å²) in [5.41, 5.74) is 1.83. The van der Waals surface area contributed by atoms with Crippen LogP contribution in [0, 0.1) is 0 Å². The number of nitrogens with zero attached hydrogens (tertiary/aromatic N) is 3. The Kier molecular flexibility index (Phi) is 8.49. The Morgan fingerprint density at radius 1 is 1.44 bits per heavy atom. The van der Waals surface area contributed by atoms with Gasteiger partial charge < -0.3 is 24.8 Å². The number of ether oxygens (including phenoxy) is 1. The van der Waals surface area contributed by atoms with Gasteiger partial charge in [0.15, 0.2) is 5.96 Å². The van der Waals surface area contributed by atoms with Gasteiger partial charge in [-0.2, -0.15) is 0 Å². The lowest BCUT2D eigenvalue weighted by atomic mass is 10.2. The van der Waals surface area contributed by atoms with Crippen molar-refractivity contribution in [1.29, 1.82) is 0 Å². The molecule has 9 heteroatoms. The van der Waals surface area contributed by atoms with E-state index in [-0.39, 0.29) is 30.0 Å². The molecular formula is C18H25ClIN5O2. The third kappa shape index (κ3) is 5.90. The van der Waals surface area contributed by atoms with Gasteiger partial charge in [-0.1, -0.05) is 16.8 Å². The highest BCUT2D eigenvalue weighted by molar-refractivity contribution is 14.0. The van der Waals surface area contributed by atoms with Crippen LogP contribution in [0.3, 0.4) is 0 Å². The number of aromatic nitrogens is 1. The van der Waals surface area contributed by atoms with E-state index in [0.717, 1.165) is 49.1 Å². The molecule has 2 heterocycles. The molecule has 1 aromatic carbocycles. The lowest BCUT2D eigenvalue weighted by molar-refractivity contribution is 0.412. The van der Waals surface area contributed by atoms with E-state index >= 15 is 0 Å². The molecule has 148 valence electrons. The van der Waals surface area contributed by atoms with E-state index in [0.29, 0.717) is 11.6 Å². The smallest absolute Gasteiger partial charge is 0.191 e. The molecule has 0 amide bonds. The molecule has 0 radical (unpaired) electrons. The number of anilines is 1. The summed E-state index contributed by atoms with van der Waals surface area (Å²) >= 11 is 6.16. The Morgan fingerprint density at radius 2 is 2.30 bits per heavy atom. The van der Waals surface area contributed by atoms with E-state index in [1.165, 1.54) is 0 Å². The van der Waals surface area contributed by atoms with Crippen LogP contribution < -0.4 is 20.3 Å². The highest BCUT2D eigenvalue weighted by Crippen LogP contribution is 2.33. The van der Waals surface area contributed by atoms with Crippen LogP contribution in [-0.2, 0) is 6.54 Å². The minimum atomic E-state index is 0. The summed E-state index contributed by atoms with van der Waals surface area (Å²) in [6.45, 7) is 5.10. The van der Waals surface area contributed by atoms with Gasteiger partial charge in [-0.25, -0.2) is 4.99 Å². The molecule has 7 nitrogen and oxygen atoms in total. The number of methoxy groups -OCH3 is 1. The summed E-state index contributed by atoms with van der Waals surface area (Å²) in [7, 11) is 1.68. The van der Waals surface area contributed by atoms with E-state index in [1.807, 2.05) is 31.2 Å². The minimum Gasteiger partial charge on any atom is -0.495 e. The molecule has 0 aliphatic carbocycles. The van der Waals surface area contributed by atoms with Crippen molar-refractivity contribution in [3.05, 3.63) is 41.2 Å². The van der Waals surface area contributed by atoms with Crippen molar-refractivity contribution in [1.82, 2.24) is 15.8 Å². The topological polar surface area (TPSA) is 74.9 Å². The molecule has 0 saturated carbocycles. The quantitative estimate of drug-likeness (QED) is 0.357. The van der Waals surface area contributed by atoms with Crippen LogP contribution in [0.4, 0.5) is 5.69 Å². The second kappa shape index (κ2) is 10.6. The summed E-state index contributed by atoms with van der Waals surface area (Å²) in [5, 5.41) is 11.4. The van der Waals surface area contributed by atoms with Gasteiger partial charge in [-0.05, 0) is 31.5 Å². The Hall–Kier alpha value is -1.68. The fourth-order valence-electron chi connectivity index (χ4n) is 3.00. The van der Waals surface area contributed by atoms with E-state index in [1.54, 1.807) is 13.4 Å². The highest BCUT2D eigenvalue weighted by atomic mass is 127. The number of benzene rings is 1. The monoisotopic (exact) mass is 505 g/mol. The number of rotatable bonds is 6. The van der Waals surface area contributed by atoms with Gasteiger partial charge in [-0.3, -0.25) is 0 Å². The maximum Gasteiger partial charge on any atom is 0.191 e. The summed E-state index contributed by atoms with van der Waals surface area (Å²) in [6.07, 6.45) is 2.56. The zero-order chi connectivity index (χ0) is 18.4. The van der Waals surface area contributed by atoms with Crippen LogP contribution in [0.25, 0.3) is 0 Å². The fraction of sp³-hybridized carbons (Fsp3) is 0.444. The Bertz CT molecular complexity index is 741. The SMILES string of the molecule is CCNC(=NCc1ccon1)NC1CCN(c2cc(Cl)ccc2OC)C1.I. The van der Waals surface area contributed by atoms with Crippen molar-refractivity contribution < 1.29 is 9.26 Å². The van der Waals surface area contributed by atoms with Gasteiger partial charge in [0, 0.05) is 36.8 Å². The van der Waals surface area contributed by atoms with Crippen molar-refractivity contribution in [2.24, 2.45) is 4.99 Å². The average molecular weight is 506 g/mol. The Labute approximate surface area is 181 Å². The summed E-state index contributed by atoms with van der Waals surface area (Å²) in [6, 6.07) is 7.80. The number of nitrogens with one attached hydrogen (secondary N) is 2. The highest BCUT2D eigenvalue weighted by Gasteiger charge is 2.25. The Balaban J connectivity index is 0.00000261. The van der Waals surface area contributed by atoms with Gasteiger partial charge >= 0.3 is 0 Å². The van der Waals surface area contributed by atoms with Crippen molar-refractivity contribution >= 4 is 47.2 Å². The second-order valence-electron chi connectivity index (χ2n) is 6.08. The molecule has 1 aliphatic heterocycles. The molecule has 2 N–H and O–H groups in total. The molecule has 0 spiro atoms. The van der Waals surface area contributed by atoms with E-state index < -0.39 is 0 Å². The number of aliphatic imine (C=N–C) groups is 1. The van der Waals surface area contributed by atoms with Gasteiger partial charge in [0.05, 0.1) is 19.3 Å². The maximum absolute atomic E-state index is 6.16. The molecular weight excluding hydrogens is 481 g/mol. The minimum absolute atomic E-state index is 0.